The van der Waals surface area contributed by atoms with E-state index in [1.807, 2.05) is 0 Å². The average Bonchev–Trinajstić information content (AvgIpc) is 1.99. The second-order valence-corrected chi connectivity index (χ2v) is 4.41. The second kappa shape index (κ2) is 5.24. The van der Waals surface area contributed by atoms with Crippen LogP contribution in [-0.4, -0.2) is 29.1 Å². The van der Waals surface area contributed by atoms with Gasteiger partial charge < -0.3 is 14.2 Å². The molecule has 0 aromatic heterocycles. The van der Waals surface area contributed by atoms with Crippen LogP contribution in [0.3, 0.4) is 0 Å². The van der Waals surface area contributed by atoms with E-state index in [4.69, 9.17) is 0 Å². The minimum absolute atomic E-state index is 0.0428. The summed E-state index contributed by atoms with van der Waals surface area (Å²) in [7, 11) is -4.21. The number of carbonyl (C=O) groups excluding carboxylic acids is 2. The van der Waals surface area contributed by atoms with Crippen molar-refractivity contribution in [1.82, 2.24) is 0 Å². The van der Waals surface area contributed by atoms with Crippen molar-refractivity contribution in [3.8, 4) is 0 Å². The molecule has 0 aromatic carbocycles. The summed E-state index contributed by atoms with van der Waals surface area (Å²) in [6.07, 6.45) is 0. The summed E-state index contributed by atoms with van der Waals surface area (Å²) in [6.45, 7) is 3.55. The van der Waals surface area contributed by atoms with Crippen LogP contribution in [0.5, 0.6) is 0 Å². The van der Waals surface area contributed by atoms with E-state index in [1.165, 1.54) is 6.92 Å². The van der Waals surface area contributed by atoms with Gasteiger partial charge in [0.25, 0.3) is 5.85 Å². The highest BCUT2D eigenvalue weighted by Gasteiger charge is 2.38. The van der Waals surface area contributed by atoms with E-state index in [9.17, 15) is 19.0 Å². The smallest absolute Gasteiger partial charge is 0.376 e. The van der Waals surface area contributed by atoms with Crippen molar-refractivity contribution in [1.29, 1.82) is 0 Å². The minimum Gasteiger partial charge on any atom is -0.441 e. The zero-order valence-corrected chi connectivity index (χ0v) is 9.11. The number of ketones is 1. The summed E-state index contributed by atoms with van der Waals surface area (Å²) in [5.74, 6) is -3.25. The Bertz CT molecular complexity index is 273. The van der Waals surface area contributed by atoms with Crippen LogP contribution >= 0.6 is 7.60 Å². The molecule has 1 N–H and O–H groups in total. The van der Waals surface area contributed by atoms with Crippen molar-refractivity contribution < 1.29 is 28.3 Å². The van der Waals surface area contributed by atoms with Crippen LogP contribution in [0, 0.1) is 0 Å². The number of carbonyl (C=O) groups is 2. The third kappa shape index (κ3) is 4.00. The Morgan fingerprint density at radius 3 is 2.21 bits per heavy atom. The normalized spacial score (nSPS) is 16.9. The Morgan fingerprint density at radius 1 is 1.43 bits per heavy atom. The number of esters is 1. The van der Waals surface area contributed by atoms with Crippen molar-refractivity contribution in [2.24, 2.45) is 0 Å². The lowest BCUT2D eigenvalue weighted by atomic mass is 10.5. The maximum Gasteiger partial charge on any atom is 0.376 e. The third-order valence-corrected chi connectivity index (χ3v) is 2.93. The minimum atomic E-state index is -4.21. The molecule has 0 aliphatic heterocycles. The van der Waals surface area contributed by atoms with E-state index in [2.05, 4.69) is 9.26 Å². The molecule has 6 nitrogen and oxygen atoms in total. The fraction of sp³-hybridized carbons (Fsp3) is 0.714. The molecular formula is C7H13O6P. The molecule has 0 rings (SSSR count). The molecule has 0 bridgehead atoms. The predicted molar refractivity (Wildman–Crippen MR) is 47.7 cm³/mol. The Kier molecular flexibility index (Phi) is 4.97. The molecule has 0 saturated heterocycles. The standard InChI is InChI=1S/C7H13O6P/c1-4-12-14(10,11)7(5(2)8)13-6(3)9/h7H,4H2,1-3H3,(H,10,11). The van der Waals surface area contributed by atoms with Gasteiger partial charge in [-0.1, -0.05) is 0 Å². The van der Waals surface area contributed by atoms with E-state index in [-0.39, 0.29) is 6.61 Å². The van der Waals surface area contributed by atoms with Crippen LogP contribution in [0.2, 0.25) is 0 Å². The molecule has 0 amide bonds. The van der Waals surface area contributed by atoms with Crippen molar-refractivity contribution >= 4 is 19.3 Å². The summed E-state index contributed by atoms with van der Waals surface area (Å²) in [5, 5.41) is 0. The van der Waals surface area contributed by atoms with Gasteiger partial charge in [0.2, 0.25) is 0 Å². The van der Waals surface area contributed by atoms with Gasteiger partial charge in [-0.3, -0.25) is 14.2 Å². The van der Waals surface area contributed by atoms with Gasteiger partial charge >= 0.3 is 13.6 Å². The Balaban J connectivity index is 4.72. The first-order chi connectivity index (χ1) is 6.31. The molecule has 0 aliphatic carbocycles. The highest BCUT2D eigenvalue weighted by molar-refractivity contribution is 7.54. The van der Waals surface area contributed by atoms with Gasteiger partial charge in [0.1, 0.15) is 0 Å². The van der Waals surface area contributed by atoms with Crippen LogP contribution in [0.4, 0.5) is 0 Å². The number of rotatable bonds is 5. The number of ether oxygens (including phenoxy) is 1. The molecule has 0 radical (unpaired) electrons. The van der Waals surface area contributed by atoms with Gasteiger partial charge in [0, 0.05) is 6.92 Å². The topological polar surface area (TPSA) is 89.9 Å². The Labute approximate surface area is 81.7 Å². The lowest BCUT2D eigenvalue weighted by Gasteiger charge is -2.18. The summed E-state index contributed by atoms with van der Waals surface area (Å²) < 4.78 is 20.2. The van der Waals surface area contributed by atoms with Crippen molar-refractivity contribution in [2.45, 2.75) is 26.6 Å². The van der Waals surface area contributed by atoms with Crippen LogP contribution in [0.25, 0.3) is 0 Å². The highest BCUT2D eigenvalue weighted by Crippen LogP contribution is 2.48. The predicted octanol–water partition coefficient (Wildman–Crippen LogP) is 0.686. The molecule has 0 spiro atoms. The first kappa shape index (κ1) is 13.3. The molecule has 0 aromatic rings. The van der Waals surface area contributed by atoms with Crippen molar-refractivity contribution in [3.63, 3.8) is 0 Å². The molecule has 7 heteroatoms. The van der Waals surface area contributed by atoms with E-state index in [0.29, 0.717) is 0 Å². The first-order valence-corrected chi connectivity index (χ1v) is 5.60. The summed E-state index contributed by atoms with van der Waals surface area (Å²) >= 11 is 0. The zero-order chi connectivity index (χ0) is 11.4. The van der Waals surface area contributed by atoms with Crippen LogP contribution in [-0.2, 0) is 23.4 Å². The number of hydrogen-bond acceptors (Lipinski definition) is 5. The Hall–Kier alpha value is -0.710. The second-order valence-electron chi connectivity index (χ2n) is 2.55. The fourth-order valence-electron chi connectivity index (χ4n) is 0.789. The van der Waals surface area contributed by atoms with Gasteiger partial charge in [-0.15, -0.1) is 0 Å². The SMILES string of the molecule is CCOP(=O)(O)C(OC(C)=O)C(C)=O. The van der Waals surface area contributed by atoms with Gasteiger partial charge in [0.05, 0.1) is 6.61 Å². The van der Waals surface area contributed by atoms with E-state index in [1.54, 1.807) is 0 Å². The van der Waals surface area contributed by atoms with Crippen molar-refractivity contribution in [2.75, 3.05) is 6.61 Å². The maximum atomic E-state index is 11.3. The van der Waals surface area contributed by atoms with E-state index in [0.717, 1.165) is 13.8 Å². The molecule has 82 valence electrons. The molecule has 0 aliphatic rings. The lowest BCUT2D eigenvalue weighted by Crippen LogP contribution is -2.25. The largest absolute Gasteiger partial charge is 0.441 e. The van der Waals surface area contributed by atoms with Crippen LogP contribution in [0.1, 0.15) is 20.8 Å². The molecule has 2 atom stereocenters. The Morgan fingerprint density at radius 2 is 1.93 bits per heavy atom. The van der Waals surface area contributed by atoms with E-state index < -0.39 is 25.2 Å². The lowest BCUT2D eigenvalue weighted by molar-refractivity contribution is -0.148. The highest BCUT2D eigenvalue weighted by atomic mass is 31.2. The fourth-order valence-corrected chi connectivity index (χ4v) is 2.04. The number of hydrogen-bond donors (Lipinski definition) is 1. The molecular weight excluding hydrogens is 211 g/mol. The van der Waals surface area contributed by atoms with Crippen LogP contribution in [0.15, 0.2) is 0 Å². The summed E-state index contributed by atoms with van der Waals surface area (Å²) in [6, 6.07) is 0. The van der Waals surface area contributed by atoms with Crippen molar-refractivity contribution in [3.05, 3.63) is 0 Å². The quantitative estimate of drug-likeness (QED) is 0.545. The zero-order valence-electron chi connectivity index (χ0n) is 8.22. The molecule has 2 unspecified atom stereocenters. The molecule has 0 heterocycles. The summed E-state index contributed by atoms with van der Waals surface area (Å²) in [4.78, 5) is 30.7. The maximum absolute atomic E-state index is 11.3. The molecule has 0 saturated carbocycles. The van der Waals surface area contributed by atoms with Gasteiger partial charge in [-0.25, -0.2) is 0 Å². The molecule has 0 fully saturated rings. The van der Waals surface area contributed by atoms with E-state index >= 15 is 0 Å². The monoisotopic (exact) mass is 224 g/mol. The first-order valence-electron chi connectivity index (χ1n) is 3.96. The third-order valence-electron chi connectivity index (χ3n) is 1.24. The van der Waals surface area contributed by atoms with Gasteiger partial charge in [-0.05, 0) is 13.8 Å². The average molecular weight is 224 g/mol. The summed E-state index contributed by atoms with van der Waals surface area (Å²) in [5.41, 5.74) is 0. The molecule has 14 heavy (non-hydrogen) atoms. The van der Waals surface area contributed by atoms with Gasteiger partial charge in [0.15, 0.2) is 5.78 Å². The van der Waals surface area contributed by atoms with Crippen LogP contribution < -0.4 is 0 Å². The number of Topliss-reactive ketones (excluding diaryl/α,β-unsaturated/α-hetero) is 1. The van der Waals surface area contributed by atoms with Gasteiger partial charge in [-0.2, -0.15) is 0 Å².